The maximum Gasteiger partial charge on any atom is 0.350 e. The van der Waals surface area contributed by atoms with Crippen molar-refractivity contribution in [3.05, 3.63) is 39.9 Å². The molecule has 1 amide bonds. The second-order valence-electron chi connectivity index (χ2n) is 6.11. The number of hydrogen-bond donors (Lipinski definition) is 0. The molecular formula is C20H21N3O5S. The van der Waals surface area contributed by atoms with E-state index in [1.165, 1.54) is 5.01 Å². The Morgan fingerprint density at radius 1 is 1.21 bits per heavy atom. The Morgan fingerprint density at radius 3 is 2.59 bits per heavy atom. The molecule has 0 saturated heterocycles. The molecule has 1 aliphatic heterocycles. The lowest BCUT2D eigenvalue weighted by atomic mass is 10.1. The standard InChI is InChI=1S/C20H21N3O5S/c1-6-28-19(25)17-12(3)21-20(29-17)23-18(24)14(11(2)22-23)9-13-7-8-15(26-4)16(10-13)27-5/h7-10H,6H2,1-5H3/b14-9+. The van der Waals surface area contributed by atoms with Gasteiger partial charge in [-0.15, -0.1) is 0 Å². The van der Waals surface area contributed by atoms with Gasteiger partial charge in [0.15, 0.2) is 11.5 Å². The zero-order chi connectivity index (χ0) is 21.1. The molecule has 0 fully saturated rings. The number of thiazole rings is 1. The molecule has 0 N–H and O–H groups in total. The van der Waals surface area contributed by atoms with Gasteiger partial charge in [-0.05, 0) is 44.5 Å². The van der Waals surface area contributed by atoms with Crippen LogP contribution in [0.25, 0.3) is 6.08 Å². The van der Waals surface area contributed by atoms with Crippen molar-refractivity contribution >= 4 is 40.1 Å². The van der Waals surface area contributed by atoms with Crippen molar-refractivity contribution in [3.8, 4) is 11.5 Å². The van der Waals surface area contributed by atoms with E-state index in [9.17, 15) is 9.59 Å². The lowest BCUT2D eigenvalue weighted by Crippen LogP contribution is -2.21. The molecule has 2 heterocycles. The molecule has 0 radical (unpaired) electrons. The van der Waals surface area contributed by atoms with Gasteiger partial charge in [-0.3, -0.25) is 4.79 Å². The van der Waals surface area contributed by atoms with Crippen LogP contribution < -0.4 is 14.5 Å². The van der Waals surface area contributed by atoms with Crippen LogP contribution in [0.4, 0.5) is 5.13 Å². The van der Waals surface area contributed by atoms with Gasteiger partial charge in [-0.2, -0.15) is 10.1 Å². The summed E-state index contributed by atoms with van der Waals surface area (Å²) in [5.41, 5.74) is 2.25. The molecule has 8 nitrogen and oxygen atoms in total. The van der Waals surface area contributed by atoms with Gasteiger partial charge >= 0.3 is 5.97 Å². The quantitative estimate of drug-likeness (QED) is 0.530. The Balaban J connectivity index is 1.91. The third kappa shape index (κ3) is 4.00. The van der Waals surface area contributed by atoms with E-state index in [0.717, 1.165) is 16.9 Å². The molecule has 0 spiro atoms. The Bertz CT molecular complexity index is 1030. The van der Waals surface area contributed by atoms with E-state index >= 15 is 0 Å². The van der Waals surface area contributed by atoms with Gasteiger partial charge in [0.2, 0.25) is 5.13 Å². The van der Waals surface area contributed by atoms with Crippen molar-refractivity contribution in [2.75, 3.05) is 25.8 Å². The number of aromatic nitrogens is 1. The van der Waals surface area contributed by atoms with Gasteiger partial charge < -0.3 is 14.2 Å². The van der Waals surface area contributed by atoms with Crippen LogP contribution in [0.5, 0.6) is 11.5 Å². The fraction of sp³-hybridized carbons (Fsp3) is 0.300. The minimum atomic E-state index is -0.456. The van der Waals surface area contributed by atoms with Gasteiger partial charge in [0.25, 0.3) is 5.91 Å². The largest absolute Gasteiger partial charge is 0.493 e. The molecule has 1 aliphatic rings. The maximum atomic E-state index is 13.0. The van der Waals surface area contributed by atoms with Crippen LogP contribution in [-0.4, -0.2) is 43.4 Å². The number of rotatable bonds is 6. The molecule has 29 heavy (non-hydrogen) atoms. The number of carbonyl (C=O) groups excluding carboxylic acids is 2. The van der Waals surface area contributed by atoms with E-state index in [2.05, 4.69) is 10.1 Å². The van der Waals surface area contributed by atoms with Gasteiger partial charge in [0.05, 0.1) is 37.8 Å². The lowest BCUT2D eigenvalue weighted by molar-refractivity contribution is -0.114. The minimum Gasteiger partial charge on any atom is -0.493 e. The Morgan fingerprint density at radius 2 is 1.93 bits per heavy atom. The first-order valence-electron chi connectivity index (χ1n) is 8.87. The summed E-state index contributed by atoms with van der Waals surface area (Å²) in [5, 5.41) is 5.86. The average Bonchev–Trinajstić information content (AvgIpc) is 3.22. The second-order valence-corrected chi connectivity index (χ2v) is 7.08. The third-order valence-corrected chi connectivity index (χ3v) is 5.32. The summed E-state index contributed by atoms with van der Waals surface area (Å²) in [6.07, 6.45) is 1.73. The highest BCUT2D eigenvalue weighted by molar-refractivity contribution is 7.17. The first-order valence-corrected chi connectivity index (χ1v) is 9.69. The predicted octanol–water partition coefficient (Wildman–Crippen LogP) is 3.45. The number of benzene rings is 1. The molecule has 152 valence electrons. The molecular weight excluding hydrogens is 394 g/mol. The first kappa shape index (κ1) is 20.5. The van der Waals surface area contributed by atoms with Crippen molar-refractivity contribution in [1.29, 1.82) is 0 Å². The maximum absolute atomic E-state index is 13.0. The molecule has 1 aromatic heterocycles. The van der Waals surface area contributed by atoms with E-state index < -0.39 is 5.97 Å². The van der Waals surface area contributed by atoms with Gasteiger partial charge in [0.1, 0.15) is 4.88 Å². The highest BCUT2D eigenvalue weighted by Crippen LogP contribution is 2.33. The number of aryl methyl sites for hydroxylation is 1. The number of hydrogen-bond acceptors (Lipinski definition) is 8. The summed E-state index contributed by atoms with van der Waals surface area (Å²) in [6, 6.07) is 5.37. The van der Waals surface area contributed by atoms with Crippen LogP contribution in [0.15, 0.2) is 28.9 Å². The van der Waals surface area contributed by atoms with Crippen molar-refractivity contribution in [3.63, 3.8) is 0 Å². The Labute approximate surface area is 172 Å². The van der Waals surface area contributed by atoms with Crippen molar-refractivity contribution in [2.24, 2.45) is 5.10 Å². The van der Waals surface area contributed by atoms with E-state index in [4.69, 9.17) is 14.2 Å². The van der Waals surface area contributed by atoms with Crippen LogP contribution in [0.1, 0.15) is 34.8 Å². The van der Waals surface area contributed by atoms with Gasteiger partial charge in [-0.1, -0.05) is 17.4 Å². The average molecular weight is 415 g/mol. The predicted molar refractivity (Wildman–Crippen MR) is 111 cm³/mol. The van der Waals surface area contributed by atoms with Crippen molar-refractivity contribution < 1.29 is 23.8 Å². The molecule has 0 aliphatic carbocycles. The van der Waals surface area contributed by atoms with Crippen molar-refractivity contribution in [2.45, 2.75) is 20.8 Å². The van der Waals surface area contributed by atoms with Gasteiger partial charge in [-0.25, -0.2) is 9.78 Å². The van der Waals surface area contributed by atoms with E-state index in [0.29, 0.717) is 38.5 Å². The van der Waals surface area contributed by atoms with Crippen LogP contribution in [-0.2, 0) is 9.53 Å². The molecule has 3 rings (SSSR count). The van der Waals surface area contributed by atoms with E-state index in [-0.39, 0.29) is 12.5 Å². The summed E-state index contributed by atoms with van der Waals surface area (Å²) in [5.74, 6) is 0.390. The molecule has 1 aromatic carbocycles. The fourth-order valence-electron chi connectivity index (χ4n) is 2.78. The van der Waals surface area contributed by atoms with Crippen LogP contribution in [0.2, 0.25) is 0 Å². The number of esters is 1. The normalized spacial score (nSPS) is 14.9. The van der Waals surface area contributed by atoms with E-state index in [1.54, 1.807) is 53.2 Å². The fourth-order valence-corrected chi connectivity index (χ4v) is 3.69. The van der Waals surface area contributed by atoms with Crippen LogP contribution in [0, 0.1) is 6.92 Å². The van der Waals surface area contributed by atoms with E-state index in [1.807, 2.05) is 6.07 Å². The summed E-state index contributed by atoms with van der Waals surface area (Å²) in [6.45, 7) is 5.45. The number of carbonyl (C=O) groups is 2. The van der Waals surface area contributed by atoms with Gasteiger partial charge in [0, 0.05) is 0 Å². The second kappa shape index (κ2) is 8.44. The first-order chi connectivity index (χ1) is 13.9. The highest BCUT2D eigenvalue weighted by Gasteiger charge is 2.32. The summed E-state index contributed by atoms with van der Waals surface area (Å²) >= 11 is 1.08. The topological polar surface area (TPSA) is 90.3 Å². The molecule has 0 unspecified atom stereocenters. The van der Waals surface area contributed by atoms with Crippen LogP contribution in [0.3, 0.4) is 0 Å². The Hall–Kier alpha value is -3.20. The molecule has 0 atom stereocenters. The number of anilines is 1. The number of hydrazone groups is 1. The summed E-state index contributed by atoms with van der Waals surface area (Å²) < 4.78 is 15.6. The number of methoxy groups -OCH3 is 2. The molecule has 0 bridgehead atoms. The Kier molecular flexibility index (Phi) is 5.97. The zero-order valence-corrected chi connectivity index (χ0v) is 17.6. The summed E-state index contributed by atoms with van der Waals surface area (Å²) in [4.78, 5) is 29.7. The monoisotopic (exact) mass is 415 g/mol. The smallest absolute Gasteiger partial charge is 0.350 e. The molecule has 0 saturated carbocycles. The number of amides is 1. The summed E-state index contributed by atoms with van der Waals surface area (Å²) in [7, 11) is 3.11. The van der Waals surface area contributed by atoms with Crippen molar-refractivity contribution in [1.82, 2.24) is 4.98 Å². The lowest BCUT2D eigenvalue weighted by Gasteiger charge is -2.09. The molecule has 9 heteroatoms. The molecule has 2 aromatic rings. The highest BCUT2D eigenvalue weighted by atomic mass is 32.1. The SMILES string of the molecule is CCOC(=O)c1sc(N2N=C(C)/C(=C\c3ccc(OC)c(OC)c3)C2=O)nc1C. The van der Waals surface area contributed by atoms with Crippen LogP contribution >= 0.6 is 11.3 Å². The minimum absolute atomic E-state index is 0.267. The third-order valence-electron chi connectivity index (χ3n) is 4.21. The number of ether oxygens (including phenoxy) is 3. The number of nitrogens with zero attached hydrogens (tertiary/aromatic N) is 3. The zero-order valence-electron chi connectivity index (χ0n) is 16.8.